The molecule has 112 heavy (non-hydrogen) atoms. The lowest BCUT2D eigenvalue weighted by Gasteiger charge is -2.33. The van der Waals surface area contributed by atoms with Gasteiger partial charge in [0, 0.05) is 117 Å². The first-order valence-electron chi connectivity index (χ1n) is 37.6. The number of benzene rings is 5. The van der Waals surface area contributed by atoms with Crippen molar-refractivity contribution in [2.24, 2.45) is 46.6 Å². The molecule has 0 radical (unpaired) electrons. The molecule has 0 saturated heterocycles. The third-order valence-corrected chi connectivity index (χ3v) is 21.1. The third-order valence-electron chi connectivity index (χ3n) is 21.1. The van der Waals surface area contributed by atoms with Gasteiger partial charge < -0.3 is 51.3 Å². The first-order valence-corrected chi connectivity index (χ1v) is 37.6. The summed E-state index contributed by atoms with van der Waals surface area (Å²) in [6.45, 7) is 5.65. The smallest absolute Gasteiger partial charge is 0.259 e. The van der Waals surface area contributed by atoms with Gasteiger partial charge in [-0.1, -0.05) is 61.7 Å². The number of aromatic nitrogens is 9. The highest BCUT2D eigenvalue weighted by atomic mass is 16.2. The Morgan fingerprint density at radius 1 is 0.455 bits per heavy atom. The van der Waals surface area contributed by atoms with E-state index in [1.54, 1.807) is 115 Å². The zero-order valence-electron chi connectivity index (χ0n) is 62.5. The summed E-state index contributed by atoms with van der Waals surface area (Å²) >= 11 is 0. The van der Waals surface area contributed by atoms with Crippen LogP contribution in [-0.4, -0.2) is 134 Å². The van der Waals surface area contributed by atoms with Crippen molar-refractivity contribution in [2.75, 3.05) is 46.4 Å². The third kappa shape index (κ3) is 18.9. The van der Waals surface area contributed by atoms with Crippen molar-refractivity contribution in [2.45, 2.75) is 115 Å². The second-order valence-corrected chi connectivity index (χ2v) is 28.5. The lowest BCUT2D eigenvalue weighted by atomic mass is 9.81. The number of carbonyl (C=O) groups excluding carboxylic acids is 9. The molecule has 28 nitrogen and oxygen atoms in total. The quantitative estimate of drug-likeness (QED) is 0.0293. The predicted octanol–water partition coefficient (Wildman–Crippen LogP) is 11.0. The van der Waals surface area contributed by atoms with Gasteiger partial charge in [-0.25, -0.2) is 15.0 Å². The number of fused-ring (bicyclic) bond motifs is 3. The number of rotatable bonds is 23. The lowest BCUT2D eigenvalue weighted by molar-refractivity contribution is -0.123. The average Bonchev–Trinajstić information content (AvgIpc) is 1.66. The Kier molecular flexibility index (Phi) is 25.5. The topological polar surface area (TPSA) is 396 Å². The van der Waals surface area contributed by atoms with Crippen LogP contribution in [0.5, 0.6) is 0 Å². The summed E-state index contributed by atoms with van der Waals surface area (Å²) in [5, 5.41) is 8.63. The fraction of sp³-hybridized carbons (Fsp3) is 0.298. The number of amides is 9. The normalized spacial score (nSPS) is 16.4. The Labute approximate surface area is 647 Å². The molecule has 11 aromatic rings. The number of nitrogens with two attached hydrogens (primary N) is 4. The lowest BCUT2D eigenvalue weighted by Crippen LogP contribution is -2.41. The number of carbonyl (C=O) groups is 9. The summed E-state index contributed by atoms with van der Waals surface area (Å²) in [7, 11) is 3.42. The fourth-order valence-electron chi connectivity index (χ4n) is 14.7. The number of hydrogen-bond donors (Lipinski definition) is 7. The molecule has 9 amide bonds. The van der Waals surface area contributed by atoms with E-state index in [4.69, 9.17) is 32.9 Å². The number of hydrogen-bond acceptors (Lipinski definition) is 16. The molecule has 3 saturated carbocycles. The van der Waals surface area contributed by atoms with Gasteiger partial charge >= 0.3 is 0 Å². The summed E-state index contributed by atoms with van der Waals surface area (Å²) < 4.78 is 5.61. The molecule has 11 N–H and O–H groups in total. The summed E-state index contributed by atoms with van der Waals surface area (Å²) in [6.07, 6.45) is 23.1. The number of pyridine rings is 3. The molecule has 1 atom stereocenters. The molecule has 6 heterocycles. The number of imidazole rings is 3. The van der Waals surface area contributed by atoms with Crippen LogP contribution in [-0.2, 0) is 34.0 Å². The van der Waals surface area contributed by atoms with Gasteiger partial charge in [-0.3, -0.25) is 74.1 Å². The van der Waals surface area contributed by atoms with E-state index in [0.717, 1.165) is 99.5 Å². The molecule has 0 aliphatic heterocycles. The Morgan fingerprint density at radius 2 is 0.821 bits per heavy atom. The molecule has 0 bridgehead atoms. The second-order valence-electron chi connectivity index (χ2n) is 28.5. The standard InChI is InChI=1S/C31H38N6O3.C29H30N6O3.C24H23N7O3/c1-2-17-36(25-8-4-3-5-9-25)30(40)23-14-15-27-26(18-23)34-31(35-29(39)24-7-6-16-33-19-24)37(27)20-21-10-12-22(13-11-21)28(32)38;1-34(23-7-3-2-4-8-23)28(38)21-13-14-25-24(16-21)32-29(33-27(37)22-6-5-15-31-17-22)35(25)18-19-9-11-20(12-10-19)26(30)36;1-30(17-7-3-2-4-8-17)23(34)15-9-10-20-19(12-15)28-24(31(20)14-18(25)21(26)32)29-22(33)16-6-5-11-27-13-16/h2,6-7,14-16,18-19,21-22,25H,1,3-5,8-13,17,20H2,(H2,32,38)(H,34,35,39);2-8,13-17,19-20H,9-12,18H2,1H3,(H2,30,36)(H,32,33,37);2-13,18H,14,25H2,1H3,(H2,26,32)(H,28,29,33)/t;;18-/m..0/s1. The first kappa shape index (κ1) is 78.5. The molecular weight excluding hydrogens is 1420 g/mol. The molecule has 3 aliphatic carbocycles. The van der Waals surface area contributed by atoms with Crippen molar-refractivity contribution in [1.29, 1.82) is 0 Å². The van der Waals surface area contributed by atoms with E-state index < -0.39 is 17.9 Å². The molecule has 576 valence electrons. The van der Waals surface area contributed by atoms with Gasteiger partial charge in [-0.2, -0.15) is 0 Å². The Morgan fingerprint density at radius 3 is 1.17 bits per heavy atom. The predicted molar refractivity (Wildman–Crippen MR) is 429 cm³/mol. The van der Waals surface area contributed by atoms with Crippen LogP contribution < -0.4 is 48.7 Å². The van der Waals surface area contributed by atoms with E-state index in [-0.39, 0.29) is 71.7 Å². The average molecular weight is 1510 g/mol. The maximum Gasteiger partial charge on any atom is 0.259 e. The van der Waals surface area contributed by atoms with Gasteiger partial charge in [-0.05, 0) is 191 Å². The molecule has 5 aromatic carbocycles. The van der Waals surface area contributed by atoms with Gasteiger partial charge in [0.15, 0.2) is 0 Å². The van der Waals surface area contributed by atoms with E-state index in [9.17, 15) is 43.2 Å². The monoisotopic (exact) mass is 1510 g/mol. The molecule has 0 unspecified atom stereocenters. The molecule has 6 aromatic heterocycles. The van der Waals surface area contributed by atoms with Crippen LogP contribution in [0.3, 0.4) is 0 Å². The van der Waals surface area contributed by atoms with Crippen LogP contribution in [0.2, 0.25) is 0 Å². The first-order chi connectivity index (χ1) is 54.2. The van der Waals surface area contributed by atoms with Crippen molar-refractivity contribution in [3.63, 3.8) is 0 Å². The number of nitrogens with one attached hydrogen (secondary N) is 3. The minimum Gasteiger partial charge on any atom is -0.369 e. The zero-order valence-corrected chi connectivity index (χ0v) is 62.5. The Hall–Kier alpha value is -13.1. The van der Waals surface area contributed by atoms with Crippen LogP contribution in [0.25, 0.3) is 33.1 Å². The Balaban J connectivity index is 0.000000156. The largest absolute Gasteiger partial charge is 0.369 e. The highest BCUT2D eigenvalue weighted by Gasteiger charge is 2.32. The molecule has 3 aliphatic rings. The maximum absolute atomic E-state index is 13.7. The highest BCUT2D eigenvalue weighted by Crippen LogP contribution is 2.36. The van der Waals surface area contributed by atoms with E-state index in [2.05, 4.69) is 42.5 Å². The minimum absolute atomic E-state index is 0.00824. The van der Waals surface area contributed by atoms with Crippen LogP contribution in [0.4, 0.5) is 29.2 Å². The molecule has 14 rings (SSSR count). The molecule has 3 fully saturated rings. The van der Waals surface area contributed by atoms with Crippen molar-refractivity contribution >= 4 is 115 Å². The van der Waals surface area contributed by atoms with Crippen molar-refractivity contribution in [1.82, 2.24) is 48.5 Å². The van der Waals surface area contributed by atoms with E-state index in [0.29, 0.717) is 98.8 Å². The van der Waals surface area contributed by atoms with E-state index >= 15 is 0 Å². The summed E-state index contributed by atoms with van der Waals surface area (Å²) in [5.41, 5.74) is 30.5. The van der Waals surface area contributed by atoms with Crippen molar-refractivity contribution in [3.8, 4) is 0 Å². The number of primary amides is 3. The maximum atomic E-state index is 13.7. The second kappa shape index (κ2) is 36.4. The molecular formula is C84H91N19O9. The van der Waals surface area contributed by atoms with Crippen molar-refractivity contribution < 1.29 is 43.2 Å². The van der Waals surface area contributed by atoms with E-state index in [1.807, 2.05) is 99.0 Å². The van der Waals surface area contributed by atoms with Gasteiger partial charge in [0.2, 0.25) is 35.6 Å². The van der Waals surface area contributed by atoms with Crippen molar-refractivity contribution in [3.05, 3.63) is 235 Å². The van der Waals surface area contributed by atoms with E-state index in [1.165, 1.54) is 29.9 Å². The summed E-state index contributed by atoms with van der Waals surface area (Å²) in [4.78, 5) is 145. The summed E-state index contributed by atoms with van der Waals surface area (Å²) in [5.74, 6) is -1.12. The minimum atomic E-state index is -1.00. The van der Waals surface area contributed by atoms with Crippen LogP contribution in [0.1, 0.15) is 146 Å². The van der Waals surface area contributed by atoms with Gasteiger partial charge in [0.25, 0.3) is 35.4 Å². The molecule has 0 spiro atoms. The van der Waals surface area contributed by atoms with Gasteiger partial charge in [-0.15, -0.1) is 6.58 Å². The number of nitrogens with zero attached hydrogens (tertiary/aromatic N) is 12. The highest BCUT2D eigenvalue weighted by molar-refractivity contribution is 6.10. The fourth-order valence-corrected chi connectivity index (χ4v) is 14.7. The Bertz CT molecular complexity index is 5210. The SMILES string of the molecule is C=CCN(C(=O)c1ccc2c(c1)nc(NC(=O)c1cccnc1)n2CC1CCC(C(N)=O)CC1)C1CCCCC1.CN(C(=O)c1ccc2c(c1)nc(NC(=O)c1cccnc1)n2CC1CCC(C(N)=O)CC1)c1ccccc1.CN(C(=O)c1ccc2c(c1)nc(NC(=O)c1cccnc1)n2C[C@H](N)C(N)=O)c1ccccc1. The zero-order chi connectivity index (χ0) is 79.0. The number of anilines is 5. The molecule has 28 heteroatoms. The van der Waals surface area contributed by atoms with Crippen LogP contribution in [0, 0.1) is 23.7 Å². The van der Waals surface area contributed by atoms with Gasteiger partial charge in [0.1, 0.15) is 6.04 Å². The summed E-state index contributed by atoms with van der Waals surface area (Å²) in [6, 6.07) is 44.0. The van der Waals surface area contributed by atoms with Gasteiger partial charge in [0.05, 0.1) is 56.3 Å². The number of para-hydroxylation sites is 2. The van der Waals surface area contributed by atoms with Crippen LogP contribution in [0.15, 0.2) is 201 Å². The van der Waals surface area contributed by atoms with Crippen LogP contribution >= 0.6 is 0 Å².